The van der Waals surface area contributed by atoms with Gasteiger partial charge in [0.1, 0.15) is 0 Å². The van der Waals surface area contributed by atoms with Crippen LogP contribution in [0.4, 0.5) is 10.5 Å². The van der Waals surface area contributed by atoms with Gasteiger partial charge in [-0.15, -0.1) is 0 Å². The van der Waals surface area contributed by atoms with Crippen LogP contribution < -0.4 is 5.32 Å². The van der Waals surface area contributed by atoms with Gasteiger partial charge < -0.3 is 10.2 Å². The van der Waals surface area contributed by atoms with Gasteiger partial charge >= 0.3 is 6.03 Å². The van der Waals surface area contributed by atoms with E-state index in [-0.39, 0.29) is 6.03 Å². The van der Waals surface area contributed by atoms with Gasteiger partial charge in [-0.3, -0.25) is 4.98 Å². The SMILES string of the molecule is Cc1ncccc1NC(=O)N1CCCCCC1. The number of aryl methyl sites for hydroxylation is 1. The summed E-state index contributed by atoms with van der Waals surface area (Å²) in [6, 6.07) is 3.73. The fraction of sp³-hybridized carbons (Fsp3) is 0.538. The van der Waals surface area contributed by atoms with Crippen LogP contribution in [0, 0.1) is 6.92 Å². The van der Waals surface area contributed by atoms with Crippen molar-refractivity contribution in [3.8, 4) is 0 Å². The molecule has 2 amide bonds. The van der Waals surface area contributed by atoms with E-state index in [0.717, 1.165) is 37.3 Å². The first-order chi connectivity index (χ1) is 8.27. The van der Waals surface area contributed by atoms with Crippen LogP contribution in [0.2, 0.25) is 0 Å². The first kappa shape index (κ1) is 11.9. The summed E-state index contributed by atoms with van der Waals surface area (Å²) in [4.78, 5) is 18.1. The number of hydrogen-bond donors (Lipinski definition) is 1. The van der Waals surface area contributed by atoms with Gasteiger partial charge in [0.15, 0.2) is 0 Å². The van der Waals surface area contributed by atoms with Gasteiger partial charge in [0.2, 0.25) is 0 Å². The average Bonchev–Trinajstić information content (AvgIpc) is 2.61. The van der Waals surface area contributed by atoms with Crippen LogP contribution in [0.25, 0.3) is 0 Å². The molecule has 1 fully saturated rings. The van der Waals surface area contributed by atoms with Crippen molar-refractivity contribution in [2.24, 2.45) is 0 Å². The summed E-state index contributed by atoms with van der Waals surface area (Å²) in [5.74, 6) is 0. The summed E-state index contributed by atoms with van der Waals surface area (Å²) in [6.45, 7) is 3.63. The zero-order chi connectivity index (χ0) is 12.1. The van der Waals surface area contributed by atoms with E-state index >= 15 is 0 Å². The Labute approximate surface area is 102 Å². The Hall–Kier alpha value is -1.58. The molecule has 92 valence electrons. The normalized spacial score (nSPS) is 16.4. The lowest BCUT2D eigenvalue weighted by Crippen LogP contribution is -2.35. The second-order valence-corrected chi connectivity index (χ2v) is 4.47. The average molecular weight is 233 g/mol. The Balaban J connectivity index is 1.98. The highest BCUT2D eigenvalue weighted by Crippen LogP contribution is 2.14. The molecular weight excluding hydrogens is 214 g/mol. The maximum absolute atomic E-state index is 12.1. The van der Waals surface area contributed by atoms with Gasteiger partial charge in [-0.1, -0.05) is 12.8 Å². The van der Waals surface area contributed by atoms with Crippen LogP contribution in [-0.2, 0) is 0 Å². The molecule has 4 nitrogen and oxygen atoms in total. The Kier molecular flexibility index (Phi) is 3.96. The first-order valence-electron chi connectivity index (χ1n) is 6.25. The quantitative estimate of drug-likeness (QED) is 0.810. The number of rotatable bonds is 1. The van der Waals surface area contributed by atoms with Gasteiger partial charge in [-0.25, -0.2) is 4.79 Å². The number of carbonyl (C=O) groups is 1. The molecule has 0 radical (unpaired) electrons. The minimum Gasteiger partial charge on any atom is -0.325 e. The number of aromatic nitrogens is 1. The lowest BCUT2D eigenvalue weighted by molar-refractivity contribution is 0.213. The standard InChI is InChI=1S/C13H19N3O/c1-11-12(7-6-8-14-11)15-13(17)16-9-4-2-3-5-10-16/h6-8H,2-5,9-10H2,1H3,(H,15,17). The highest BCUT2D eigenvalue weighted by molar-refractivity contribution is 5.89. The zero-order valence-electron chi connectivity index (χ0n) is 10.3. The molecule has 1 aliphatic heterocycles. The number of nitrogens with one attached hydrogen (secondary N) is 1. The Morgan fingerprint density at radius 3 is 2.65 bits per heavy atom. The predicted octanol–water partition coefficient (Wildman–Crippen LogP) is 2.80. The van der Waals surface area contributed by atoms with E-state index in [2.05, 4.69) is 10.3 Å². The number of urea groups is 1. The number of amides is 2. The molecule has 0 spiro atoms. The van der Waals surface area contributed by atoms with E-state index in [1.54, 1.807) is 6.20 Å². The van der Waals surface area contributed by atoms with E-state index in [1.807, 2.05) is 24.0 Å². The molecule has 2 heterocycles. The Bertz CT molecular complexity index is 384. The molecule has 0 aromatic carbocycles. The summed E-state index contributed by atoms with van der Waals surface area (Å²) >= 11 is 0. The molecule has 0 unspecified atom stereocenters. The topological polar surface area (TPSA) is 45.2 Å². The van der Waals surface area contributed by atoms with Crippen LogP contribution in [-0.4, -0.2) is 29.0 Å². The number of nitrogens with zero attached hydrogens (tertiary/aromatic N) is 2. The van der Waals surface area contributed by atoms with Crippen molar-refractivity contribution in [2.75, 3.05) is 18.4 Å². The minimum absolute atomic E-state index is 0.00278. The molecule has 0 aliphatic carbocycles. The summed E-state index contributed by atoms with van der Waals surface area (Å²) in [6.07, 6.45) is 6.42. The largest absolute Gasteiger partial charge is 0.325 e. The van der Waals surface area contributed by atoms with E-state index < -0.39 is 0 Å². The van der Waals surface area contributed by atoms with Gasteiger partial charge in [0.25, 0.3) is 0 Å². The van der Waals surface area contributed by atoms with Crippen LogP contribution in [0.3, 0.4) is 0 Å². The van der Waals surface area contributed by atoms with E-state index in [9.17, 15) is 4.79 Å². The molecule has 2 rings (SSSR count). The second-order valence-electron chi connectivity index (χ2n) is 4.47. The van der Waals surface area contributed by atoms with Crippen LogP contribution in [0.15, 0.2) is 18.3 Å². The first-order valence-corrected chi connectivity index (χ1v) is 6.25. The number of pyridine rings is 1. The fourth-order valence-corrected chi connectivity index (χ4v) is 2.08. The Morgan fingerprint density at radius 1 is 1.29 bits per heavy atom. The third-order valence-corrected chi connectivity index (χ3v) is 3.14. The van der Waals surface area contributed by atoms with Crippen molar-refractivity contribution in [1.29, 1.82) is 0 Å². The number of hydrogen-bond acceptors (Lipinski definition) is 2. The van der Waals surface area contributed by atoms with Gasteiger partial charge in [-0.2, -0.15) is 0 Å². The minimum atomic E-state index is 0.00278. The van der Waals surface area contributed by atoms with Crippen molar-refractivity contribution < 1.29 is 4.79 Å². The van der Waals surface area contributed by atoms with Crippen molar-refractivity contribution in [3.05, 3.63) is 24.0 Å². The van der Waals surface area contributed by atoms with E-state index in [4.69, 9.17) is 0 Å². The maximum atomic E-state index is 12.1. The lowest BCUT2D eigenvalue weighted by atomic mass is 10.2. The molecule has 0 saturated carbocycles. The van der Waals surface area contributed by atoms with E-state index in [0.29, 0.717) is 0 Å². The number of carbonyl (C=O) groups excluding carboxylic acids is 1. The highest BCUT2D eigenvalue weighted by atomic mass is 16.2. The van der Waals surface area contributed by atoms with Gasteiger partial charge in [-0.05, 0) is 31.9 Å². The zero-order valence-corrected chi connectivity index (χ0v) is 10.3. The number of likely N-dealkylation sites (tertiary alicyclic amines) is 1. The maximum Gasteiger partial charge on any atom is 0.321 e. The highest BCUT2D eigenvalue weighted by Gasteiger charge is 2.15. The molecule has 0 bridgehead atoms. The van der Waals surface area contributed by atoms with Gasteiger partial charge in [0, 0.05) is 19.3 Å². The molecule has 1 aliphatic rings. The summed E-state index contributed by atoms with van der Waals surface area (Å²) in [5, 5.41) is 2.93. The summed E-state index contributed by atoms with van der Waals surface area (Å²) < 4.78 is 0. The van der Waals surface area contributed by atoms with Crippen LogP contribution in [0.5, 0.6) is 0 Å². The van der Waals surface area contributed by atoms with Crippen molar-refractivity contribution in [3.63, 3.8) is 0 Å². The van der Waals surface area contributed by atoms with Crippen molar-refractivity contribution in [2.45, 2.75) is 32.6 Å². The summed E-state index contributed by atoms with van der Waals surface area (Å²) in [7, 11) is 0. The summed E-state index contributed by atoms with van der Waals surface area (Å²) in [5.41, 5.74) is 1.66. The van der Waals surface area contributed by atoms with Crippen molar-refractivity contribution in [1.82, 2.24) is 9.88 Å². The van der Waals surface area contributed by atoms with Gasteiger partial charge in [0.05, 0.1) is 11.4 Å². The molecule has 0 atom stereocenters. The molecule has 1 N–H and O–H groups in total. The van der Waals surface area contributed by atoms with E-state index in [1.165, 1.54) is 12.8 Å². The molecule has 17 heavy (non-hydrogen) atoms. The molecule has 4 heteroatoms. The van der Waals surface area contributed by atoms with Crippen molar-refractivity contribution >= 4 is 11.7 Å². The fourth-order valence-electron chi connectivity index (χ4n) is 2.08. The third kappa shape index (κ3) is 3.19. The number of anilines is 1. The predicted molar refractivity (Wildman–Crippen MR) is 68.0 cm³/mol. The molecule has 1 aromatic heterocycles. The smallest absolute Gasteiger partial charge is 0.321 e. The molecular formula is C13H19N3O. The Morgan fingerprint density at radius 2 is 2.00 bits per heavy atom. The lowest BCUT2D eigenvalue weighted by Gasteiger charge is -2.21. The van der Waals surface area contributed by atoms with Crippen LogP contribution in [0.1, 0.15) is 31.4 Å². The third-order valence-electron chi connectivity index (χ3n) is 3.14. The second kappa shape index (κ2) is 5.66. The monoisotopic (exact) mass is 233 g/mol. The molecule has 1 saturated heterocycles. The molecule has 1 aromatic rings. The van der Waals surface area contributed by atoms with Crippen LogP contribution >= 0.6 is 0 Å².